The number of fused-ring (bicyclic) bond motifs is 3. The maximum atomic E-state index is 13.2. The van der Waals surface area contributed by atoms with E-state index in [1.807, 2.05) is 11.4 Å². The van der Waals surface area contributed by atoms with E-state index in [0.29, 0.717) is 17.5 Å². The van der Waals surface area contributed by atoms with Crippen molar-refractivity contribution in [3.05, 3.63) is 57.3 Å². The van der Waals surface area contributed by atoms with E-state index < -0.39 is 11.6 Å². The third-order valence-corrected chi connectivity index (χ3v) is 6.74. The van der Waals surface area contributed by atoms with Crippen molar-refractivity contribution in [2.45, 2.75) is 24.8 Å². The third kappa shape index (κ3) is 2.21. The summed E-state index contributed by atoms with van der Waals surface area (Å²) >= 11 is 1.60. The predicted molar refractivity (Wildman–Crippen MR) is 101 cm³/mol. The molecule has 1 spiro atoms. The smallest absolute Gasteiger partial charge is 0.319 e. The second-order valence-corrected chi connectivity index (χ2v) is 8.21. The van der Waals surface area contributed by atoms with Crippen LogP contribution >= 0.6 is 11.3 Å². The Bertz CT molecular complexity index is 1010. The van der Waals surface area contributed by atoms with Gasteiger partial charge in [-0.3, -0.25) is 24.2 Å². The molecule has 5 rings (SSSR count). The molecule has 142 valence electrons. The average molecular weight is 395 g/mol. The lowest BCUT2D eigenvalue weighted by molar-refractivity contribution is -0.132. The largest absolute Gasteiger partial charge is 0.325 e. The predicted octanol–water partition coefficient (Wildman–Crippen LogP) is 2.13. The lowest BCUT2D eigenvalue weighted by Crippen LogP contribution is -2.46. The number of carbonyl (C=O) groups excluding carboxylic acids is 4. The summed E-state index contributed by atoms with van der Waals surface area (Å²) in [6.07, 6.45) is 2.30. The molecule has 1 aromatic heterocycles. The van der Waals surface area contributed by atoms with Gasteiger partial charge in [0.15, 0.2) is 0 Å². The van der Waals surface area contributed by atoms with Crippen LogP contribution in [0.4, 0.5) is 4.79 Å². The SMILES string of the molecule is O=C1N[C@]2(CCCc3sccc32)C(=O)N1CCN1C(=O)c2ccccc2C1=O. The van der Waals surface area contributed by atoms with Gasteiger partial charge in [0.1, 0.15) is 5.54 Å². The summed E-state index contributed by atoms with van der Waals surface area (Å²) in [6.45, 7) is -0.0323. The Balaban J connectivity index is 1.37. The number of aryl methyl sites for hydroxylation is 1. The summed E-state index contributed by atoms with van der Waals surface area (Å²) in [5.41, 5.74) is 0.588. The van der Waals surface area contributed by atoms with E-state index in [9.17, 15) is 19.2 Å². The highest BCUT2D eigenvalue weighted by Gasteiger charge is 2.54. The molecule has 0 unspecified atom stereocenters. The number of hydrogen-bond acceptors (Lipinski definition) is 5. The van der Waals surface area contributed by atoms with E-state index in [1.165, 1.54) is 0 Å². The van der Waals surface area contributed by atoms with E-state index in [-0.39, 0.29) is 30.8 Å². The summed E-state index contributed by atoms with van der Waals surface area (Å²) in [7, 11) is 0. The van der Waals surface area contributed by atoms with Crippen molar-refractivity contribution in [1.82, 2.24) is 15.1 Å². The van der Waals surface area contributed by atoms with Crippen molar-refractivity contribution in [2.24, 2.45) is 0 Å². The van der Waals surface area contributed by atoms with Crippen molar-refractivity contribution in [3.8, 4) is 0 Å². The molecule has 2 aliphatic heterocycles. The van der Waals surface area contributed by atoms with Crippen molar-refractivity contribution in [1.29, 1.82) is 0 Å². The number of benzene rings is 1. The number of hydrogen-bond donors (Lipinski definition) is 1. The second-order valence-electron chi connectivity index (χ2n) is 7.21. The highest BCUT2D eigenvalue weighted by molar-refractivity contribution is 7.10. The van der Waals surface area contributed by atoms with E-state index in [2.05, 4.69) is 5.32 Å². The molecule has 28 heavy (non-hydrogen) atoms. The molecule has 0 radical (unpaired) electrons. The van der Waals surface area contributed by atoms with Crippen LogP contribution in [0.25, 0.3) is 0 Å². The van der Waals surface area contributed by atoms with E-state index in [0.717, 1.165) is 33.1 Å². The number of imide groups is 2. The van der Waals surface area contributed by atoms with Crippen LogP contribution in [0.3, 0.4) is 0 Å². The summed E-state index contributed by atoms with van der Waals surface area (Å²) in [5, 5.41) is 4.83. The molecule has 0 saturated carbocycles. The molecule has 1 saturated heterocycles. The van der Waals surface area contributed by atoms with Crippen molar-refractivity contribution in [2.75, 3.05) is 13.1 Å². The van der Waals surface area contributed by atoms with Crippen LogP contribution < -0.4 is 5.32 Å². The molecule has 1 N–H and O–H groups in total. The summed E-state index contributed by atoms with van der Waals surface area (Å²) in [6, 6.07) is 8.06. The highest BCUT2D eigenvalue weighted by Crippen LogP contribution is 2.42. The Morgan fingerprint density at radius 1 is 0.964 bits per heavy atom. The molecule has 3 heterocycles. The van der Waals surface area contributed by atoms with Gasteiger partial charge in [0, 0.05) is 23.5 Å². The zero-order valence-electron chi connectivity index (χ0n) is 14.9. The van der Waals surface area contributed by atoms with Gasteiger partial charge in [-0.2, -0.15) is 0 Å². The molecule has 5 amide bonds. The molecular formula is C20H17N3O4S. The first kappa shape index (κ1) is 17.1. The Hall–Kier alpha value is -3.00. The fourth-order valence-electron chi connectivity index (χ4n) is 4.39. The molecule has 7 nitrogen and oxygen atoms in total. The molecule has 1 fully saturated rings. The Morgan fingerprint density at radius 2 is 1.64 bits per heavy atom. The molecule has 1 aliphatic carbocycles. The first-order chi connectivity index (χ1) is 13.5. The lowest BCUT2D eigenvalue weighted by Gasteiger charge is -2.31. The van der Waals surface area contributed by atoms with E-state index >= 15 is 0 Å². The molecule has 8 heteroatoms. The van der Waals surface area contributed by atoms with Gasteiger partial charge in [-0.15, -0.1) is 11.3 Å². The maximum absolute atomic E-state index is 13.2. The Morgan fingerprint density at radius 3 is 2.36 bits per heavy atom. The lowest BCUT2D eigenvalue weighted by atomic mass is 9.80. The van der Waals surface area contributed by atoms with Gasteiger partial charge in [0.25, 0.3) is 17.7 Å². The number of rotatable bonds is 3. The first-order valence-corrected chi connectivity index (χ1v) is 10.1. The quantitative estimate of drug-likeness (QED) is 0.637. The van der Waals surface area contributed by atoms with Gasteiger partial charge in [-0.05, 0) is 42.8 Å². The standard InChI is InChI=1S/C20H17N3O4S/c24-16-12-4-1-2-5-13(12)17(25)22(16)9-10-23-18(26)20(21-19(23)27)8-3-6-15-14(20)7-11-28-15/h1-2,4-5,7,11H,3,6,8-10H2,(H,21,27)/t20-/m0/s1. The monoisotopic (exact) mass is 395 g/mol. The van der Waals surface area contributed by atoms with Gasteiger partial charge in [-0.1, -0.05) is 12.1 Å². The Kier molecular flexibility index (Phi) is 3.67. The average Bonchev–Trinajstić information content (AvgIpc) is 3.34. The van der Waals surface area contributed by atoms with Gasteiger partial charge < -0.3 is 5.32 Å². The maximum Gasteiger partial charge on any atom is 0.325 e. The first-order valence-electron chi connectivity index (χ1n) is 9.19. The molecule has 1 atom stereocenters. The zero-order chi connectivity index (χ0) is 19.5. The number of thiophene rings is 1. The van der Waals surface area contributed by atoms with Crippen LogP contribution in [0.1, 0.15) is 44.0 Å². The van der Waals surface area contributed by atoms with Crippen LogP contribution in [-0.4, -0.2) is 46.6 Å². The minimum atomic E-state index is -1.01. The van der Waals surface area contributed by atoms with Crippen molar-refractivity contribution in [3.63, 3.8) is 0 Å². The highest BCUT2D eigenvalue weighted by atomic mass is 32.1. The van der Waals surface area contributed by atoms with Gasteiger partial charge in [-0.25, -0.2) is 4.79 Å². The van der Waals surface area contributed by atoms with Crippen LogP contribution in [0.15, 0.2) is 35.7 Å². The van der Waals surface area contributed by atoms with Gasteiger partial charge in [0.2, 0.25) is 0 Å². The summed E-state index contributed by atoms with van der Waals surface area (Å²) in [4.78, 5) is 54.2. The fraction of sp³-hybridized carbons (Fsp3) is 0.300. The number of amides is 5. The second kappa shape index (κ2) is 6.00. The normalized spacial score (nSPS) is 23.4. The van der Waals surface area contributed by atoms with E-state index in [1.54, 1.807) is 35.6 Å². The van der Waals surface area contributed by atoms with Crippen LogP contribution in [-0.2, 0) is 16.8 Å². The van der Waals surface area contributed by atoms with Crippen LogP contribution in [0.5, 0.6) is 0 Å². The molecule has 2 aromatic rings. The third-order valence-electron chi connectivity index (χ3n) is 5.76. The summed E-state index contributed by atoms with van der Waals surface area (Å²) < 4.78 is 0. The van der Waals surface area contributed by atoms with Gasteiger partial charge in [0.05, 0.1) is 11.1 Å². The molecule has 3 aliphatic rings. The number of nitrogens with one attached hydrogen (secondary N) is 1. The number of urea groups is 1. The minimum absolute atomic E-state index is 0.0158. The van der Waals surface area contributed by atoms with Crippen LogP contribution in [0.2, 0.25) is 0 Å². The summed E-state index contributed by atoms with van der Waals surface area (Å²) in [5.74, 6) is -1.08. The minimum Gasteiger partial charge on any atom is -0.319 e. The number of carbonyl (C=O) groups is 4. The van der Waals surface area contributed by atoms with E-state index in [4.69, 9.17) is 0 Å². The topological polar surface area (TPSA) is 86.8 Å². The fourth-order valence-corrected chi connectivity index (χ4v) is 5.39. The van der Waals surface area contributed by atoms with Crippen molar-refractivity contribution < 1.29 is 19.2 Å². The Labute approximate surface area is 164 Å². The molecular weight excluding hydrogens is 378 g/mol. The zero-order valence-corrected chi connectivity index (χ0v) is 15.8. The number of nitrogens with zero attached hydrogens (tertiary/aromatic N) is 2. The van der Waals surface area contributed by atoms with Crippen LogP contribution in [0, 0.1) is 0 Å². The molecule has 1 aromatic carbocycles. The molecule has 0 bridgehead atoms. The van der Waals surface area contributed by atoms with Crippen molar-refractivity contribution >= 4 is 35.1 Å². The van der Waals surface area contributed by atoms with Gasteiger partial charge >= 0.3 is 6.03 Å².